The summed E-state index contributed by atoms with van der Waals surface area (Å²) in [7, 11) is -3.48. The van der Waals surface area contributed by atoms with Gasteiger partial charge in [0.25, 0.3) is 10.0 Å². The summed E-state index contributed by atoms with van der Waals surface area (Å²) in [5.74, 6) is 1.22. The lowest BCUT2D eigenvalue weighted by molar-refractivity contribution is 0.226. The molecule has 7 heteroatoms. The minimum atomic E-state index is -3.48. The Labute approximate surface area is 114 Å². The van der Waals surface area contributed by atoms with Crippen molar-refractivity contribution in [1.29, 1.82) is 0 Å². The Hall–Kier alpha value is -0.920. The number of aromatic nitrogens is 2. The van der Waals surface area contributed by atoms with E-state index in [1.54, 1.807) is 4.31 Å². The first kappa shape index (κ1) is 14.5. The van der Waals surface area contributed by atoms with Gasteiger partial charge in [0.1, 0.15) is 0 Å². The van der Waals surface area contributed by atoms with Crippen LogP contribution in [-0.4, -0.2) is 36.0 Å². The molecule has 3 N–H and O–H groups in total. The van der Waals surface area contributed by atoms with Crippen LogP contribution in [0.3, 0.4) is 0 Å². The first-order chi connectivity index (χ1) is 8.96. The summed E-state index contributed by atoms with van der Waals surface area (Å²) >= 11 is 0. The minimum Gasteiger partial charge on any atom is -0.326 e. The SMILES string of the molecule is CC(C)C1CCN(S(=O)(=O)c2[nH]ncc2CN)CC1. The summed E-state index contributed by atoms with van der Waals surface area (Å²) in [5.41, 5.74) is 6.09. The molecule has 0 aliphatic carbocycles. The lowest BCUT2D eigenvalue weighted by Crippen LogP contribution is -2.40. The lowest BCUT2D eigenvalue weighted by atomic mass is 9.87. The van der Waals surface area contributed by atoms with Crippen LogP contribution in [0, 0.1) is 11.8 Å². The molecule has 1 saturated heterocycles. The summed E-state index contributed by atoms with van der Waals surface area (Å²) in [5, 5.41) is 6.51. The van der Waals surface area contributed by atoms with E-state index in [1.807, 2.05) is 0 Å². The number of hydrogen-bond acceptors (Lipinski definition) is 4. The summed E-state index contributed by atoms with van der Waals surface area (Å²) in [6.45, 7) is 5.71. The number of nitrogens with zero attached hydrogens (tertiary/aromatic N) is 2. The number of sulfonamides is 1. The van der Waals surface area contributed by atoms with Crippen LogP contribution in [0.15, 0.2) is 11.2 Å². The number of piperidine rings is 1. The van der Waals surface area contributed by atoms with Gasteiger partial charge in [0.15, 0.2) is 5.03 Å². The average Bonchev–Trinajstić information content (AvgIpc) is 2.87. The second kappa shape index (κ2) is 5.60. The largest absolute Gasteiger partial charge is 0.326 e. The molecule has 0 atom stereocenters. The van der Waals surface area contributed by atoms with Gasteiger partial charge in [-0.25, -0.2) is 8.42 Å². The average molecular weight is 286 g/mol. The van der Waals surface area contributed by atoms with Crippen LogP contribution in [-0.2, 0) is 16.6 Å². The van der Waals surface area contributed by atoms with E-state index in [1.165, 1.54) is 6.20 Å². The zero-order chi connectivity index (χ0) is 14.0. The maximum Gasteiger partial charge on any atom is 0.260 e. The molecule has 0 unspecified atom stereocenters. The van der Waals surface area contributed by atoms with E-state index < -0.39 is 10.0 Å². The maximum atomic E-state index is 12.5. The predicted molar refractivity (Wildman–Crippen MR) is 72.8 cm³/mol. The second-order valence-electron chi connectivity index (χ2n) is 5.41. The first-order valence-corrected chi connectivity index (χ1v) is 8.13. The van der Waals surface area contributed by atoms with Crippen molar-refractivity contribution in [3.05, 3.63) is 11.8 Å². The van der Waals surface area contributed by atoms with Crippen molar-refractivity contribution in [2.24, 2.45) is 17.6 Å². The van der Waals surface area contributed by atoms with E-state index in [-0.39, 0.29) is 11.6 Å². The van der Waals surface area contributed by atoms with Gasteiger partial charge in [-0.2, -0.15) is 9.40 Å². The number of aromatic amines is 1. The van der Waals surface area contributed by atoms with E-state index in [0.29, 0.717) is 30.5 Å². The highest BCUT2D eigenvalue weighted by molar-refractivity contribution is 7.89. The molecule has 0 radical (unpaired) electrons. The summed E-state index contributed by atoms with van der Waals surface area (Å²) in [4.78, 5) is 0. The minimum absolute atomic E-state index is 0.151. The molecule has 0 aromatic carbocycles. The van der Waals surface area contributed by atoms with Crippen molar-refractivity contribution in [3.8, 4) is 0 Å². The predicted octanol–water partition coefficient (Wildman–Crippen LogP) is 0.925. The van der Waals surface area contributed by atoms with Crippen molar-refractivity contribution in [3.63, 3.8) is 0 Å². The van der Waals surface area contributed by atoms with Crippen molar-refractivity contribution in [1.82, 2.24) is 14.5 Å². The highest BCUT2D eigenvalue weighted by Crippen LogP contribution is 2.28. The molecule has 2 rings (SSSR count). The fourth-order valence-corrected chi connectivity index (χ4v) is 4.17. The van der Waals surface area contributed by atoms with Gasteiger partial charge in [0, 0.05) is 25.2 Å². The molecule has 19 heavy (non-hydrogen) atoms. The molecule has 1 aliphatic heterocycles. The Kier molecular flexibility index (Phi) is 4.27. The number of H-pyrrole nitrogens is 1. The van der Waals surface area contributed by atoms with E-state index >= 15 is 0 Å². The van der Waals surface area contributed by atoms with Crippen molar-refractivity contribution >= 4 is 10.0 Å². The standard InChI is InChI=1S/C12H22N4O2S/c1-9(2)10-3-5-16(6-4-10)19(17,18)12-11(7-13)8-14-15-12/h8-10H,3-7,13H2,1-2H3,(H,14,15). The van der Waals surface area contributed by atoms with Gasteiger partial charge in [-0.1, -0.05) is 13.8 Å². The summed E-state index contributed by atoms with van der Waals surface area (Å²) in [6.07, 6.45) is 3.32. The third-order valence-electron chi connectivity index (χ3n) is 3.94. The van der Waals surface area contributed by atoms with E-state index in [0.717, 1.165) is 12.8 Å². The second-order valence-corrected chi connectivity index (χ2v) is 7.29. The third-order valence-corrected chi connectivity index (χ3v) is 5.85. The quantitative estimate of drug-likeness (QED) is 0.861. The summed E-state index contributed by atoms with van der Waals surface area (Å²) in [6, 6.07) is 0. The molecule has 0 spiro atoms. The molecule has 1 aliphatic rings. The number of nitrogens with two attached hydrogens (primary N) is 1. The summed E-state index contributed by atoms with van der Waals surface area (Å²) < 4.78 is 26.5. The molecule has 2 heterocycles. The van der Waals surface area contributed by atoms with Crippen LogP contribution in [0.5, 0.6) is 0 Å². The zero-order valence-corrected chi connectivity index (χ0v) is 12.3. The van der Waals surface area contributed by atoms with Gasteiger partial charge < -0.3 is 5.73 Å². The van der Waals surface area contributed by atoms with Gasteiger partial charge in [0.2, 0.25) is 0 Å². The number of rotatable bonds is 4. The van der Waals surface area contributed by atoms with Crippen molar-refractivity contribution in [2.75, 3.05) is 13.1 Å². The molecule has 1 aromatic heterocycles. The van der Waals surface area contributed by atoms with Crippen LogP contribution in [0.2, 0.25) is 0 Å². The maximum absolute atomic E-state index is 12.5. The lowest BCUT2D eigenvalue weighted by Gasteiger charge is -2.32. The molecule has 0 saturated carbocycles. The Morgan fingerprint density at radius 1 is 1.47 bits per heavy atom. The van der Waals surface area contributed by atoms with Gasteiger partial charge in [-0.3, -0.25) is 5.10 Å². The van der Waals surface area contributed by atoms with Gasteiger partial charge in [-0.05, 0) is 24.7 Å². The monoisotopic (exact) mass is 286 g/mol. The number of nitrogens with one attached hydrogen (secondary N) is 1. The molecule has 0 amide bonds. The number of hydrogen-bond donors (Lipinski definition) is 2. The first-order valence-electron chi connectivity index (χ1n) is 6.69. The smallest absolute Gasteiger partial charge is 0.260 e. The molecule has 6 nitrogen and oxygen atoms in total. The zero-order valence-electron chi connectivity index (χ0n) is 11.5. The molecular weight excluding hydrogens is 264 g/mol. The van der Waals surface area contributed by atoms with Gasteiger partial charge in [-0.15, -0.1) is 0 Å². The van der Waals surface area contributed by atoms with Crippen molar-refractivity contribution in [2.45, 2.75) is 38.3 Å². The van der Waals surface area contributed by atoms with E-state index in [2.05, 4.69) is 24.0 Å². The van der Waals surface area contributed by atoms with Crippen LogP contribution >= 0.6 is 0 Å². The van der Waals surface area contributed by atoms with Gasteiger partial charge in [0.05, 0.1) is 6.20 Å². The Morgan fingerprint density at radius 3 is 2.63 bits per heavy atom. The molecule has 0 bridgehead atoms. The van der Waals surface area contributed by atoms with E-state index in [4.69, 9.17) is 5.73 Å². The topological polar surface area (TPSA) is 92.1 Å². The molecular formula is C12H22N4O2S. The molecule has 108 valence electrons. The highest BCUT2D eigenvalue weighted by atomic mass is 32.2. The Balaban J connectivity index is 2.14. The van der Waals surface area contributed by atoms with Crippen LogP contribution < -0.4 is 5.73 Å². The molecule has 1 aromatic rings. The van der Waals surface area contributed by atoms with Gasteiger partial charge >= 0.3 is 0 Å². The third kappa shape index (κ3) is 2.82. The van der Waals surface area contributed by atoms with Crippen LogP contribution in [0.4, 0.5) is 0 Å². The molecule has 1 fully saturated rings. The fourth-order valence-electron chi connectivity index (χ4n) is 2.58. The normalized spacial score (nSPS) is 19.2. The fraction of sp³-hybridized carbons (Fsp3) is 0.750. The van der Waals surface area contributed by atoms with Crippen LogP contribution in [0.1, 0.15) is 32.3 Å². The van der Waals surface area contributed by atoms with Crippen LogP contribution in [0.25, 0.3) is 0 Å². The Bertz CT molecular complexity index is 516. The van der Waals surface area contributed by atoms with Crippen molar-refractivity contribution < 1.29 is 8.42 Å². The highest BCUT2D eigenvalue weighted by Gasteiger charge is 2.32. The van der Waals surface area contributed by atoms with E-state index in [9.17, 15) is 8.42 Å². The Morgan fingerprint density at radius 2 is 2.11 bits per heavy atom.